The molecule has 0 bridgehead atoms. The zero-order chi connectivity index (χ0) is 18.4. The lowest BCUT2D eigenvalue weighted by molar-refractivity contribution is 0.0895. The van der Waals surface area contributed by atoms with Crippen molar-refractivity contribution in [1.82, 2.24) is 15.6 Å². The molecule has 0 saturated heterocycles. The number of thiocarbonyl (C=S) groups is 1. The highest BCUT2D eigenvalue weighted by molar-refractivity contribution is 7.80. The van der Waals surface area contributed by atoms with Crippen molar-refractivity contribution in [1.29, 1.82) is 0 Å². The average Bonchev–Trinajstić information content (AvgIpc) is 2.54. The van der Waals surface area contributed by atoms with Crippen molar-refractivity contribution < 1.29 is 4.79 Å². The van der Waals surface area contributed by atoms with Gasteiger partial charge in [0.05, 0.1) is 11.9 Å². The van der Waals surface area contributed by atoms with Gasteiger partial charge in [-0.25, -0.2) is 0 Å². The van der Waals surface area contributed by atoms with Gasteiger partial charge in [-0.15, -0.1) is 0 Å². The van der Waals surface area contributed by atoms with E-state index in [-0.39, 0.29) is 17.5 Å². The Labute approximate surface area is 158 Å². The van der Waals surface area contributed by atoms with Crippen LogP contribution in [0.4, 0.5) is 5.69 Å². The van der Waals surface area contributed by atoms with E-state index in [1.165, 1.54) is 0 Å². The SMILES string of the molecule is CC(C)(C)C(NC(=O)c1ccc(Cl)cc1)NC(=S)Nc1cccnc1. The van der Waals surface area contributed by atoms with Crippen LogP contribution in [-0.4, -0.2) is 22.2 Å². The molecule has 7 heteroatoms. The van der Waals surface area contributed by atoms with Crippen LogP contribution in [0.3, 0.4) is 0 Å². The van der Waals surface area contributed by atoms with Crippen LogP contribution < -0.4 is 16.0 Å². The smallest absolute Gasteiger partial charge is 0.252 e. The van der Waals surface area contributed by atoms with Crippen LogP contribution in [0.1, 0.15) is 31.1 Å². The van der Waals surface area contributed by atoms with Gasteiger partial charge in [0.15, 0.2) is 5.11 Å². The number of nitrogens with zero attached hydrogens (tertiary/aromatic N) is 1. The first-order valence-corrected chi connectivity index (χ1v) is 8.58. The van der Waals surface area contributed by atoms with Crippen molar-refractivity contribution >= 4 is 40.5 Å². The molecule has 1 aromatic carbocycles. The van der Waals surface area contributed by atoms with Gasteiger partial charge in [0.2, 0.25) is 0 Å². The lowest BCUT2D eigenvalue weighted by Crippen LogP contribution is -2.55. The number of halogens is 1. The van der Waals surface area contributed by atoms with Crippen LogP contribution in [0.2, 0.25) is 5.02 Å². The normalized spacial score (nSPS) is 12.2. The van der Waals surface area contributed by atoms with Gasteiger partial charge in [-0.1, -0.05) is 32.4 Å². The van der Waals surface area contributed by atoms with Crippen molar-refractivity contribution in [3.05, 3.63) is 59.4 Å². The Morgan fingerprint density at radius 1 is 1.16 bits per heavy atom. The number of carbonyl (C=O) groups excluding carboxylic acids is 1. The molecule has 0 radical (unpaired) electrons. The van der Waals surface area contributed by atoms with E-state index in [1.807, 2.05) is 32.9 Å². The van der Waals surface area contributed by atoms with E-state index in [9.17, 15) is 4.79 Å². The highest BCUT2D eigenvalue weighted by atomic mass is 35.5. The van der Waals surface area contributed by atoms with Gasteiger partial charge < -0.3 is 16.0 Å². The molecule has 132 valence electrons. The zero-order valence-corrected chi connectivity index (χ0v) is 15.9. The first-order valence-electron chi connectivity index (χ1n) is 7.80. The van der Waals surface area contributed by atoms with Gasteiger partial charge in [-0.2, -0.15) is 0 Å². The Morgan fingerprint density at radius 2 is 1.84 bits per heavy atom. The monoisotopic (exact) mass is 376 g/mol. The van der Waals surface area contributed by atoms with Crippen molar-refractivity contribution in [2.45, 2.75) is 26.9 Å². The zero-order valence-electron chi connectivity index (χ0n) is 14.3. The summed E-state index contributed by atoms with van der Waals surface area (Å²) in [5.41, 5.74) is 1.05. The molecule has 1 atom stereocenters. The van der Waals surface area contributed by atoms with Gasteiger partial charge in [0, 0.05) is 22.2 Å². The van der Waals surface area contributed by atoms with Crippen molar-refractivity contribution in [2.24, 2.45) is 5.41 Å². The molecule has 0 spiro atoms. The summed E-state index contributed by atoms with van der Waals surface area (Å²) in [7, 11) is 0. The number of pyridine rings is 1. The van der Waals surface area contributed by atoms with Gasteiger partial charge in [-0.05, 0) is 48.6 Å². The first kappa shape index (κ1) is 19.1. The lowest BCUT2D eigenvalue weighted by Gasteiger charge is -2.33. The van der Waals surface area contributed by atoms with E-state index in [4.69, 9.17) is 23.8 Å². The third-order valence-electron chi connectivity index (χ3n) is 3.44. The Bertz CT molecular complexity index is 729. The van der Waals surface area contributed by atoms with Crippen LogP contribution in [0, 0.1) is 5.41 Å². The molecule has 0 aliphatic rings. The molecule has 3 N–H and O–H groups in total. The number of amides is 1. The van der Waals surface area contributed by atoms with Gasteiger partial charge in [0.25, 0.3) is 5.91 Å². The molecule has 25 heavy (non-hydrogen) atoms. The van der Waals surface area contributed by atoms with Crippen LogP contribution in [0.5, 0.6) is 0 Å². The molecule has 1 aromatic heterocycles. The van der Waals surface area contributed by atoms with Gasteiger partial charge in [0.1, 0.15) is 6.17 Å². The molecule has 0 aliphatic carbocycles. The number of hydrogen-bond donors (Lipinski definition) is 3. The number of nitrogens with one attached hydrogen (secondary N) is 3. The maximum Gasteiger partial charge on any atom is 0.252 e. The van der Waals surface area contributed by atoms with E-state index in [1.54, 1.807) is 36.7 Å². The van der Waals surface area contributed by atoms with Crippen molar-refractivity contribution in [2.75, 3.05) is 5.32 Å². The van der Waals surface area contributed by atoms with Crippen LogP contribution in [-0.2, 0) is 0 Å². The predicted molar refractivity (Wildman–Crippen MR) is 106 cm³/mol. The third-order valence-corrected chi connectivity index (χ3v) is 3.91. The standard InChI is InChI=1S/C18H21ClN4OS/c1-18(2,3)16(22-15(24)12-6-8-13(19)9-7-12)23-17(25)21-14-5-4-10-20-11-14/h4-11,16H,1-3H3,(H,22,24)(H2,21,23,25). The number of hydrogen-bond acceptors (Lipinski definition) is 3. The minimum Gasteiger partial charge on any atom is -0.342 e. The molecule has 1 amide bonds. The summed E-state index contributed by atoms with van der Waals surface area (Å²) in [5, 5.41) is 10.2. The van der Waals surface area contributed by atoms with Crippen LogP contribution in [0.15, 0.2) is 48.8 Å². The number of rotatable bonds is 4. The van der Waals surface area contributed by atoms with E-state index in [0.29, 0.717) is 15.7 Å². The number of carbonyl (C=O) groups is 1. The summed E-state index contributed by atoms with van der Waals surface area (Å²) < 4.78 is 0. The second-order valence-electron chi connectivity index (χ2n) is 6.62. The maximum atomic E-state index is 12.5. The van der Waals surface area contributed by atoms with E-state index in [2.05, 4.69) is 20.9 Å². The lowest BCUT2D eigenvalue weighted by atomic mass is 9.92. The minimum absolute atomic E-state index is 0.201. The maximum absolute atomic E-state index is 12.5. The molecule has 1 unspecified atom stereocenters. The van der Waals surface area contributed by atoms with Gasteiger partial charge >= 0.3 is 0 Å². The fraction of sp³-hybridized carbons (Fsp3) is 0.278. The number of anilines is 1. The number of benzene rings is 1. The Morgan fingerprint density at radius 3 is 2.40 bits per heavy atom. The molecular formula is C18H21ClN4OS. The summed E-state index contributed by atoms with van der Waals surface area (Å²) in [4.78, 5) is 16.5. The van der Waals surface area contributed by atoms with E-state index >= 15 is 0 Å². The summed E-state index contributed by atoms with van der Waals surface area (Å²) >= 11 is 11.2. The Balaban J connectivity index is 2.04. The molecule has 2 aromatic rings. The van der Waals surface area contributed by atoms with Crippen molar-refractivity contribution in [3.63, 3.8) is 0 Å². The first-order chi connectivity index (χ1) is 11.8. The van der Waals surface area contributed by atoms with E-state index < -0.39 is 0 Å². The molecule has 0 aliphatic heterocycles. The molecule has 1 heterocycles. The quantitative estimate of drug-likeness (QED) is 0.559. The van der Waals surface area contributed by atoms with Crippen molar-refractivity contribution in [3.8, 4) is 0 Å². The van der Waals surface area contributed by atoms with E-state index in [0.717, 1.165) is 5.69 Å². The van der Waals surface area contributed by atoms with Crippen LogP contribution in [0.25, 0.3) is 0 Å². The fourth-order valence-electron chi connectivity index (χ4n) is 2.02. The highest BCUT2D eigenvalue weighted by Gasteiger charge is 2.27. The fourth-order valence-corrected chi connectivity index (χ4v) is 2.38. The largest absolute Gasteiger partial charge is 0.342 e. The molecule has 2 rings (SSSR count). The molecule has 5 nitrogen and oxygen atoms in total. The third kappa shape index (κ3) is 5.99. The Kier molecular flexibility index (Phi) is 6.33. The molecular weight excluding hydrogens is 356 g/mol. The minimum atomic E-state index is -0.368. The molecule has 0 fully saturated rings. The summed E-state index contributed by atoms with van der Waals surface area (Å²) in [5.74, 6) is -0.201. The number of aromatic nitrogens is 1. The Hall–Kier alpha value is -2.18. The average molecular weight is 377 g/mol. The van der Waals surface area contributed by atoms with Gasteiger partial charge in [-0.3, -0.25) is 9.78 Å². The van der Waals surface area contributed by atoms with Crippen LogP contribution >= 0.6 is 23.8 Å². The highest BCUT2D eigenvalue weighted by Crippen LogP contribution is 2.18. The molecule has 0 saturated carbocycles. The topological polar surface area (TPSA) is 66.1 Å². The summed E-state index contributed by atoms with van der Waals surface area (Å²) in [6.07, 6.45) is 2.99. The summed E-state index contributed by atoms with van der Waals surface area (Å²) in [6, 6.07) is 10.4. The second kappa shape index (κ2) is 8.27. The second-order valence-corrected chi connectivity index (χ2v) is 7.46. The summed E-state index contributed by atoms with van der Waals surface area (Å²) in [6.45, 7) is 6.04. The predicted octanol–water partition coefficient (Wildman–Crippen LogP) is 3.82.